The number of benzene rings is 1. The van der Waals surface area contributed by atoms with Crippen molar-refractivity contribution >= 4 is 29.9 Å². The number of piperidine rings is 1. The zero-order chi connectivity index (χ0) is 17.7. The van der Waals surface area contributed by atoms with E-state index in [0.29, 0.717) is 18.2 Å². The van der Waals surface area contributed by atoms with E-state index in [0.717, 1.165) is 56.8 Å². The second-order valence-electron chi connectivity index (χ2n) is 7.33. The number of hydrogen-bond acceptors (Lipinski definition) is 3. The summed E-state index contributed by atoms with van der Waals surface area (Å²) in [4.78, 5) is 15.6. The molecule has 0 radical (unpaired) electrons. The Bertz CT molecular complexity index is 583. The second kappa shape index (κ2) is 9.93. The minimum Gasteiger partial charge on any atom is -0.381 e. The maximum absolute atomic E-state index is 13.5. The van der Waals surface area contributed by atoms with E-state index in [2.05, 4.69) is 16.3 Å². The molecule has 1 aromatic rings. The van der Waals surface area contributed by atoms with Crippen LogP contribution in [-0.2, 0) is 14.9 Å². The largest absolute Gasteiger partial charge is 0.381 e. The molecule has 2 fully saturated rings. The molecule has 1 amide bonds. The first-order valence-electron chi connectivity index (χ1n) is 9.43. The maximum Gasteiger partial charge on any atom is 0.233 e. The van der Waals surface area contributed by atoms with E-state index in [1.54, 1.807) is 0 Å². The van der Waals surface area contributed by atoms with Gasteiger partial charge in [-0.3, -0.25) is 4.79 Å². The van der Waals surface area contributed by atoms with Crippen LogP contribution in [0.1, 0.15) is 37.7 Å². The summed E-state index contributed by atoms with van der Waals surface area (Å²) >= 11 is 6.22. The van der Waals surface area contributed by atoms with Crippen molar-refractivity contribution in [2.45, 2.75) is 37.5 Å². The molecule has 0 unspecified atom stereocenters. The summed E-state index contributed by atoms with van der Waals surface area (Å²) in [7, 11) is 2.00. The summed E-state index contributed by atoms with van der Waals surface area (Å²) < 4.78 is 5.56. The number of amides is 1. The number of likely N-dealkylation sites (tertiary alicyclic amines) is 1. The Morgan fingerprint density at radius 1 is 1.31 bits per heavy atom. The third kappa shape index (κ3) is 4.72. The highest BCUT2D eigenvalue weighted by Crippen LogP contribution is 2.38. The first-order valence-corrected chi connectivity index (χ1v) is 9.81. The Morgan fingerprint density at radius 2 is 2.00 bits per heavy atom. The van der Waals surface area contributed by atoms with Crippen molar-refractivity contribution in [3.63, 3.8) is 0 Å². The van der Waals surface area contributed by atoms with Gasteiger partial charge in [-0.1, -0.05) is 23.7 Å². The molecule has 0 bridgehead atoms. The highest BCUT2D eigenvalue weighted by molar-refractivity contribution is 6.30. The summed E-state index contributed by atoms with van der Waals surface area (Å²) in [5.74, 6) is 0.999. The molecule has 2 saturated heterocycles. The van der Waals surface area contributed by atoms with E-state index in [-0.39, 0.29) is 18.3 Å². The fourth-order valence-electron chi connectivity index (χ4n) is 4.21. The molecule has 3 rings (SSSR count). The first kappa shape index (κ1) is 21.5. The molecule has 0 aromatic heterocycles. The van der Waals surface area contributed by atoms with E-state index in [4.69, 9.17) is 16.3 Å². The molecule has 0 aliphatic carbocycles. The number of halogens is 2. The molecule has 1 aromatic carbocycles. The lowest BCUT2D eigenvalue weighted by Gasteiger charge is -2.42. The highest BCUT2D eigenvalue weighted by Gasteiger charge is 2.44. The summed E-state index contributed by atoms with van der Waals surface area (Å²) in [5.41, 5.74) is 0.576. The van der Waals surface area contributed by atoms with E-state index >= 15 is 0 Å². The monoisotopic (exact) mass is 400 g/mol. The Kier molecular flexibility index (Phi) is 8.21. The van der Waals surface area contributed by atoms with Crippen molar-refractivity contribution in [1.29, 1.82) is 0 Å². The van der Waals surface area contributed by atoms with E-state index in [9.17, 15) is 4.79 Å². The van der Waals surface area contributed by atoms with Crippen LogP contribution in [0.2, 0.25) is 5.02 Å². The van der Waals surface area contributed by atoms with Gasteiger partial charge in [-0.05, 0) is 69.3 Å². The molecule has 2 aliphatic rings. The van der Waals surface area contributed by atoms with Crippen molar-refractivity contribution in [2.75, 3.05) is 39.9 Å². The van der Waals surface area contributed by atoms with Gasteiger partial charge in [-0.25, -0.2) is 0 Å². The van der Waals surface area contributed by atoms with E-state index < -0.39 is 5.41 Å². The van der Waals surface area contributed by atoms with E-state index in [1.807, 2.05) is 25.2 Å². The third-order valence-corrected chi connectivity index (χ3v) is 6.07. The molecule has 26 heavy (non-hydrogen) atoms. The Hall–Kier alpha value is -0.810. The van der Waals surface area contributed by atoms with Crippen molar-refractivity contribution in [3.8, 4) is 0 Å². The summed E-state index contributed by atoms with van der Waals surface area (Å²) in [5, 5.41) is 3.92. The molecule has 0 atom stereocenters. The number of hydrogen-bond donors (Lipinski definition) is 1. The Balaban J connectivity index is 0.00000243. The standard InChI is InChI=1S/C20H29ClN2O2.ClH/c1-22-10-5-16-6-11-23(12-7-16)19(24)20(8-13-25-14-9-20)17-3-2-4-18(21)15-17;/h2-4,15-16,22H,5-14H2,1H3;1H. The lowest BCUT2D eigenvalue weighted by atomic mass is 9.72. The van der Waals surface area contributed by atoms with Gasteiger partial charge in [-0.2, -0.15) is 0 Å². The van der Waals surface area contributed by atoms with Crippen LogP contribution >= 0.6 is 24.0 Å². The van der Waals surface area contributed by atoms with Crippen LogP contribution in [0, 0.1) is 5.92 Å². The Labute approximate surface area is 168 Å². The van der Waals surface area contributed by atoms with Crippen LogP contribution in [0.15, 0.2) is 24.3 Å². The topological polar surface area (TPSA) is 41.6 Å². The summed E-state index contributed by atoms with van der Waals surface area (Å²) in [6, 6.07) is 7.83. The number of carbonyl (C=O) groups is 1. The van der Waals surface area contributed by atoms with Crippen molar-refractivity contribution < 1.29 is 9.53 Å². The smallest absolute Gasteiger partial charge is 0.233 e. The average Bonchev–Trinajstić information content (AvgIpc) is 2.67. The molecule has 0 saturated carbocycles. The van der Waals surface area contributed by atoms with Crippen LogP contribution in [-0.4, -0.2) is 50.7 Å². The van der Waals surface area contributed by atoms with Gasteiger partial charge in [0.05, 0.1) is 5.41 Å². The zero-order valence-electron chi connectivity index (χ0n) is 15.5. The normalized spacial score (nSPS) is 20.5. The van der Waals surface area contributed by atoms with Gasteiger partial charge in [-0.15, -0.1) is 12.4 Å². The number of rotatable bonds is 5. The van der Waals surface area contributed by atoms with E-state index in [1.165, 1.54) is 6.42 Å². The highest BCUT2D eigenvalue weighted by atomic mass is 35.5. The van der Waals surface area contributed by atoms with Crippen molar-refractivity contribution in [3.05, 3.63) is 34.9 Å². The fraction of sp³-hybridized carbons (Fsp3) is 0.650. The molecule has 2 heterocycles. The number of nitrogens with zero attached hydrogens (tertiary/aromatic N) is 1. The Morgan fingerprint density at radius 3 is 2.62 bits per heavy atom. The predicted molar refractivity (Wildman–Crippen MR) is 108 cm³/mol. The van der Waals surface area contributed by atoms with Gasteiger partial charge in [0.15, 0.2) is 0 Å². The number of nitrogens with one attached hydrogen (secondary N) is 1. The molecule has 0 spiro atoms. The molecular formula is C20H30Cl2N2O2. The quantitative estimate of drug-likeness (QED) is 0.819. The summed E-state index contributed by atoms with van der Waals surface area (Å²) in [6.45, 7) is 4.07. The zero-order valence-corrected chi connectivity index (χ0v) is 17.1. The molecule has 1 N–H and O–H groups in total. The van der Waals surface area contributed by atoms with Gasteiger partial charge < -0.3 is 15.0 Å². The maximum atomic E-state index is 13.5. The SMILES string of the molecule is CNCCC1CCN(C(=O)C2(c3cccc(Cl)c3)CCOCC2)CC1.Cl. The second-order valence-corrected chi connectivity index (χ2v) is 7.77. The number of carbonyl (C=O) groups excluding carboxylic acids is 1. The lowest BCUT2D eigenvalue weighted by Crippen LogP contribution is -2.52. The molecule has 4 nitrogen and oxygen atoms in total. The van der Waals surface area contributed by atoms with Crippen LogP contribution in [0.25, 0.3) is 0 Å². The van der Waals surface area contributed by atoms with Crippen LogP contribution in [0.5, 0.6) is 0 Å². The van der Waals surface area contributed by atoms with Gasteiger partial charge in [0.1, 0.15) is 0 Å². The van der Waals surface area contributed by atoms with Gasteiger partial charge in [0, 0.05) is 31.3 Å². The van der Waals surface area contributed by atoms with Gasteiger partial charge in [0.2, 0.25) is 5.91 Å². The van der Waals surface area contributed by atoms with Crippen molar-refractivity contribution in [1.82, 2.24) is 10.2 Å². The fourth-order valence-corrected chi connectivity index (χ4v) is 4.40. The van der Waals surface area contributed by atoms with Gasteiger partial charge in [0.25, 0.3) is 0 Å². The lowest BCUT2D eigenvalue weighted by molar-refractivity contribution is -0.142. The third-order valence-electron chi connectivity index (χ3n) is 5.84. The van der Waals surface area contributed by atoms with Crippen LogP contribution in [0.3, 0.4) is 0 Å². The predicted octanol–water partition coefficient (Wildman–Crippen LogP) is 3.66. The van der Waals surface area contributed by atoms with Crippen LogP contribution in [0.4, 0.5) is 0 Å². The first-order chi connectivity index (χ1) is 12.2. The van der Waals surface area contributed by atoms with Crippen molar-refractivity contribution in [2.24, 2.45) is 5.92 Å². The summed E-state index contributed by atoms with van der Waals surface area (Å²) in [6.07, 6.45) is 4.90. The number of ether oxygens (including phenoxy) is 1. The van der Waals surface area contributed by atoms with Crippen LogP contribution < -0.4 is 5.32 Å². The minimum absolute atomic E-state index is 0. The minimum atomic E-state index is -0.471. The molecule has 2 aliphatic heterocycles. The molecule has 146 valence electrons. The molecular weight excluding hydrogens is 371 g/mol. The average molecular weight is 401 g/mol. The van der Waals surface area contributed by atoms with Gasteiger partial charge >= 0.3 is 0 Å². The molecule has 6 heteroatoms.